The molecule has 0 saturated carbocycles. The van der Waals surface area contributed by atoms with Crippen molar-refractivity contribution in [2.24, 2.45) is 7.05 Å². The molecule has 1 aromatic heterocycles. The number of carbonyl (C=O) groups excluding carboxylic acids is 2. The fourth-order valence-electron chi connectivity index (χ4n) is 2.75. The molecule has 2 N–H and O–H groups in total. The molecule has 1 unspecified atom stereocenters. The standard InChI is InChI=1S/C16H17FN4O2S/c1-21-10(8-19-16(21)24-2)7-18-15(23)12-6-14(22)20-13-4-3-9(17)5-11(12)13/h3-5,8,12H,6-7H2,1-2H3,(H,18,23)(H,20,22). The van der Waals surface area contributed by atoms with Crippen molar-refractivity contribution in [3.63, 3.8) is 0 Å². The minimum Gasteiger partial charge on any atom is -0.350 e. The third-order valence-electron chi connectivity index (χ3n) is 4.04. The van der Waals surface area contributed by atoms with E-state index in [0.717, 1.165) is 10.9 Å². The minimum atomic E-state index is -0.697. The summed E-state index contributed by atoms with van der Waals surface area (Å²) >= 11 is 1.52. The molecule has 0 fully saturated rings. The molecular formula is C16H17FN4O2S. The topological polar surface area (TPSA) is 76.0 Å². The monoisotopic (exact) mass is 348 g/mol. The van der Waals surface area contributed by atoms with Crippen molar-refractivity contribution in [3.8, 4) is 0 Å². The summed E-state index contributed by atoms with van der Waals surface area (Å²) in [5, 5.41) is 6.33. The molecule has 126 valence electrons. The van der Waals surface area contributed by atoms with E-state index in [4.69, 9.17) is 0 Å². The zero-order chi connectivity index (χ0) is 17.3. The summed E-state index contributed by atoms with van der Waals surface area (Å²) in [6, 6.07) is 4.04. The molecule has 2 amide bonds. The Hall–Kier alpha value is -2.35. The Morgan fingerprint density at radius 1 is 1.54 bits per heavy atom. The van der Waals surface area contributed by atoms with E-state index in [1.807, 2.05) is 17.9 Å². The number of carbonyl (C=O) groups is 2. The summed E-state index contributed by atoms with van der Waals surface area (Å²) in [6.45, 7) is 0.297. The molecule has 0 bridgehead atoms. The number of imidazole rings is 1. The first kappa shape index (κ1) is 16.5. The molecule has 0 aliphatic carbocycles. The second-order valence-electron chi connectivity index (χ2n) is 5.55. The summed E-state index contributed by atoms with van der Waals surface area (Å²) in [6.07, 6.45) is 3.63. The van der Waals surface area contributed by atoms with Gasteiger partial charge in [-0.15, -0.1) is 0 Å². The van der Waals surface area contributed by atoms with Crippen LogP contribution in [-0.4, -0.2) is 27.6 Å². The largest absolute Gasteiger partial charge is 0.350 e. The third-order valence-corrected chi connectivity index (χ3v) is 4.78. The Morgan fingerprint density at radius 2 is 2.33 bits per heavy atom. The molecule has 3 rings (SSSR count). The number of hydrogen-bond donors (Lipinski definition) is 2. The van der Waals surface area contributed by atoms with Crippen LogP contribution >= 0.6 is 11.8 Å². The first-order valence-corrected chi connectivity index (χ1v) is 8.63. The number of anilines is 1. The highest BCUT2D eigenvalue weighted by Crippen LogP contribution is 2.32. The Morgan fingerprint density at radius 3 is 3.04 bits per heavy atom. The molecule has 1 aliphatic rings. The van der Waals surface area contributed by atoms with Gasteiger partial charge in [-0.05, 0) is 30.0 Å². The van der Waals surface area contributed by atoms with Crippen molar-refractivity contribution in [2.75, 3.05) is 11.6 Å². The molecule has 0 spiro atoms. The molecular weight excluding hydrogens is 331 g/mol. The van der Waals surface area contributed by atoms with Gasteiger partial charge in [-0.2, -0.15) is 0 Å². The van der Waals surface area contributed by atoms with E-state index < -0.39 is 11.7 Å². The fourth-order valence-corrected chi connectivity index (χ4v) is 3.30. The zero-order valence-corrected chi connectivity index (χ0v) is 14.1. The lowest BCUT2D eigenvalue weighted by Crippen LogP contribution is -2.35. The molecule has 1 atom stereocenters. The summed E-state index contributed by atoms with van der Waals surface area (Å²) < 4.78 is 15.4. The number of aromatic nitrogens is 2. The van der Waals surface area contributed by atoms with E-state index >= 15 is 0 Å². The van der Waals surface area contributed by atoms with Gasteiger partial charge in [0.15, 0.2) is 5.16 Å². The highest BCUT2D eigenvalue weighted by Gasteiger charge is 2.31. The molecule has 0 saturated heterocycles. The van der Waals surface area contributed by atoms with Gasteiger partial charge in [0.2, 0.25) is 11.8 Å². The molecule has 1 aromatic carbocycles. The molecule has 0 radical (unpaired) electrons. The summed E-state index contributed by atoms with van der Waals surface area (Å²) in [5.74, 6) is -1.68. The molecule has 24 heavy (non-hydrogen) atoms. The second kappa shape index (κ2) is 6.64. The normalized spacial score (nSPS) is 16.5. The number of halogens is 1. The van der Waals surface area contributed by atoms with Crippen molar-refractivity contribution in [3.05, 3.63) is 41.5 Å². The first-order chi connectivity index (χ1) is 11.5. The van der Waals surface area contributed by atoms with Crippen molar-refractivity contribution < 1.29 is 14.0 Å². The van der Waals surface area contributed by atoms with Gasteiger partial charge in [-0.25, -0.2) is 9.37 Å². The van der Waals surface area contributed by atoms with Crippen LogP contribution in [0.2, 0.25) is 0 Å². The van der Waals surface area contributed by atoms with Gasteiger partial charge in [0.1, 0.15) is 5.82 Å². The predicted octanol–water partition coefficient (Wildman–Crippen LogP) is 2.02. The number of rotatable bonds is 4. The van der Waals surface area contributed by atoms with Crippen LogP contribution in [0.1, 0.15) is 23.6 Å². The van der Waals surface area contributed by atoms with Crippen molar-refractivity contribution in [2.45, 2.75) is 24.0 Å². The summed E-state index contributed by atoms with van der Waals surface area (Å²) in [7, 11) is 1.87. The van der Waals surface area contributed by atoms with Crippen LogP contribution in [0.5, 0.6) is 0 Å². The lowest BCUT2D eigenvalue weighted by Gasteiger charge is -2.24. The molecule has 6 nitrogen and oxygen atoms in total. The van der Waals surface area contributed by atoms with E-state index in [2.05, 4.69) is 15.6 Å². The van der Waals surface area contributed by atoms with Gasteiger partial charge in [-0.1, -0.05) is 11.8 Å². The van der Waals surface area contributed by atoms with Gasteiger partial charge in [0.25, 0.3) is 0 Å². The SMILES string of the molecule is CSc1ncc(CNC(=O)C2CC(=O)Nc3ccc(F)cc32)n1C. The lowest BCUT2D eigenvalue weighted by molar-refractivity contribution is -0.126. The predicted molar refractivity (Wildman–Crippen MR) is 89.2 cm³/mol. The van der Waals surface area contributed by atoms with Gasteiger partial charge in [-0.3, -0.25) is 9.59 Å². The maximum atomic E-state index is 13.5. The van der Waals surface area contributed by atoms with Crippen LogP contribution in [0.25, 0.3) is 0 Å². The maximum Gasteiger partial charge on any atom is 0.228 e. The van der Waals surface area contributed by atoms with Crippen LogP contribution in [-0.2, 0) is 23.2 Å². The highest BCUT2D eigenvalue weighted by molar-refractivity contribution is 7.98. The van der Waals surface area contributed by atoms with Crippen molar-refractivity contribution >= 4 is 29.3 Å². The quantitative estimate of drug-likeness (QED) is 0.829. The van der Waals surface area contributed by atoms with Crippen LogP contribution in [0, 0.1) is 5.82 Å². The molecule has 2 aromatic rings. The van der Waals surface area contributed by atoms with Gasteiger partial charge >= 0.3 is 0 Å². The lowest BCUT2D eigenvalue weighted by atomic mass is 9.89. The number of benzene rings is 1. The van der Waals surface area contributed by atoms with E-state index in [-0.39, 0.29) is 18.2 Å². The summed E-state index contributed by atoms with van der Waals surface area (Å²) in [5.41, 5.74) is 1.84. The second-order valence-corrected chi connectivity index (χ2v) is 6.32. The van der Waals surface area contributed by atoms with Crippen LogP contribution in [0.4, 0.5) is 10.1 Å². The number of amides is 2. The summed E-state index contributed by atoms with van der Waals surface area (Å²) in [4.78, 5) is 28.6. The average molecular weight is 348 g/mol. The minimum absolute atomic E-state index is 0.00371. The Kier molecular flexibility index (Phi) is 4.57. The van der Waals surface area contributed by atoms with Gasteiger partial charge in [0, 0.05) is 19.2 Å². The van der Waals surface area contributed by atoms with Gasteiger partial charge < -0.3 is 15.2 Å². The number of hydrogen-bond acceptors (Lipinski definition) is 4. The number of thioether (sulfide) groups is 1. The van der Waals surface area contributed by atoms with Crippen molar-refractivity contribution in [1.82, 2.24) is 14.9 Å². The van der Waals surface area contributed by atoms with Crippen LogP contribution < -0.4 is 10.6 Å². The van der Waals surface area contributed by atoms with Crippen molar-refractivity contribution in [1.29, 1.82) is 0 Å². The molecule has 8 heteroatoms. The van der Waals surface area contributed by atoms with E-state index in [1.165, 1.54) is 30.0 Å². The third kappa shape index (κ3) is 3.14. The van der Waals surface area contributed by atoms with E-state index in [1.54, 1.807) is 6.20 Å². The Bertz CT molecular complexity index is 805. The fraction of sp³-hybridized carbons (Fsp3) is 0.312. The molecule has 2 heterocycles. The van der Waals surface area contributed by atoms with E-state index in [0.29, 0.717) is 17.8 Å². The average Bonchev–Trinajstić information content (AvgIpc) is 2.92. The highest BCUT2D eigenvalue weighted by atomic mass is 32.2. The Balaban J connectivity index is 1.76. The number of nitrogens with one attached hydrogen (secondary N) is 2. The van der Waals surface area contributed by atoms with Crippen LogP contribution in [0.15, 0.2) is 29.6 Å². The smallest absolute Gasteiger partial charge is 0.228 e. The van der Waals surface area contributed by atoms with Crippen LogP contribution in [0.3, 0.4) is 0 Å². The van der Waals surface area contributed by atoms with E-state index in [9.17, 15) is 14.0 Å². The first-order valence-electron chi connectivity index (χ1n) is 7.41. The zero-order valence-electron chi connectivity index (χ0n) is 13.3. The number of nitrogens with zero attached hydrogens (tertiary/aromatic N) is 2. The maximum absolute atomic E-state index is 13.5. The number of fused-ring (bicyclic) bond motifs is 1. The van der Waals surface area contributed by atoms with Gasteiger partial charge in [0.05, 0.1) is 24.4 Å². The molecule has 1 aliphatic heterocycles. The Labute approximate surface area is 142 Å².